The molecule has 0 aliphatic carbocycles. The molecule has 0 unspecified atom stereocenters. The summed E-state index contributed by atoms with van der Waals surface area (Å²) in [5.41, 5.74) is -0.162. The second kappa shape index (κ2) is 5.07. The topological polar surface area (TPSA) is 44.1 Å². The van der Waals surface area contributed by atoms with Gasteiger partial charge in [-0.15, -0.1) is 0 Å². The first kappa shape index (κ1) is 13.3. The minimum atomic E-state index is -2.68. The molecule has 0 aliphatic heterocycles. The number of aromatic nitrogens is 2. The number of ether oxygens (including phenoxy) is 1. The fourth-order valence-corrected chi connectivity index (χ4v) is 1.05. The second-order valence-electron chi connectivity index (χ2n) is 4.40. The maximum absolute atomic E-state index is 12.2. The van der Waals surface area contributed by atoms with Crippen LogP contribution in [0.15, 0.2) is 18.5 Å². The van der Waals surface area contributed by atoms with Gasteiger partial charge in [-0.1, -0.05) is 0 Å². The highest BCUT2D eigenvalue weighted by Gasteiger charge is 2.14. The first-order valence-corrected chi connectivity index (χ1v) is 5.01. The minimum absolute atomic E-state index is 0.413. The second-order valence-corrected chi connectivity index (χ2v) is 4.40. The lowest BCUT2D eigenvalue weighted by Gasteiger charge is -2.17. The van der Waals surface area contributed by atoms with E-state index in [2.05, 4.69) is 5.10 Å². The van der Waals surface area contributed by atoms with Gasteiger partial charge in [0.2, 0.25) is 0 Å². The van der Waals surface area contributed by atoms with Gasteiger partial charge in [-0.25, -0.2) is 9.48 Å². The largest absolute Gasteiger partial charge is 0.457 e. The van der Waals surface area contributed by atoms with Crippen LogP contribution in [0.5, 0.6) is 0 Å². The molecule has 0 aromatic carbocycles. The van der Waals surface area contributed by atoms with Gasteiger partial charge in [0, 0.05) is 17.8 Å². The summed E-state index contributed by atoms with van der Waals surface area (Å²) in [7, 11) is 0. The number of halogens is 2. The molecule has 4 nitrogen and oxygen atoms in total. The van der Waals surface area contributed by atoms with E-state index in [0.29, 0.717) is 10.2 Å². The Morgan fingerprint density at radius 3 is 2.65 bits per heavy atom. The summed E-state index contributed by atoms with van der Waals surface area (Å²) in [6.45, 7) is 2.55. The molecule has 1 heterocycles. The lowest BCUT2D eigenvalue weighted by molar-refractivity contribution is -0.148. The zero-order valence-electron chi connectivity index (χ0n) is 9.85. The maximum atomic E-state index is 12.2. The van der Waals surface area contributed by atoms with Crippen LogP contribution in [0, 0.1) is 0 Å². The molecule has 0 fully saturated rings. The molecule has 0 aliphatic rings. The molecule has 0 amide bonds. The molecule has 0 spiro atoms. The van der Waals surface area contributed by atoms with Gasteiger partial charge in [-0.2, -0.15) is 13.9 Å². The monoisotopic (exact) mass is 244 g/mol. The van der Waals surface area contributed by atoms with Crippen molar-refractivity contribution in [3.05, 3.63) is 24.0 Å². The first-order valence-electron chi connectivity index (χ1n) is 5.01. The minimum Gasteiger partial charge on any atom is -0.457 e. The van der Waals surface area contributed by atoms with Crippen LogP contribution in [0.2, 0.25) is 0 Å². The number of carbonyl (C=O) groups is 1. The lowest BCUT2D eigenvalue weighted by Crippen LogP contribution is -2.22. The van der Waals surface area contributed by atoms with E-state index in [1.165, 1.54) is 18.3 Å². The van der Waals surface area contributed by atoms with Gasteiger partial charge >= 0.3 is 12.5 Å². The van der Waals surface area contributed by atoms with Crippen molar-refractivity contribution in [2.75, 3.05) is 0 Å². The van der Waals surface area contributed by atoms with Crippen molar-refractivity contribution in [2.45, 2.75) is 32.9 Å². The van der Waals surface area contributed by atoms with Crippen molar-refractivity contribution in [1.82, 2.24) is 9.78 Å². The molecule has 0 saturated carbocycles. The van der Waals surface area contributed by atoms with E-state index in [4.69, 9.17) is 4.74 Å². The van der Waals surface area contributed by atoms with Crippen molar-refractivity contribution in [2.24, 2.45) is 0 Å². The third-order valence-electron chi connectivity index (χ3n) is 1.64. The molecule has 0 bridgehead atoms. The van der Waals surface area contributed by atoms with E-state index in [9.17, 15) is 13.6 Å². The predicted molar refractivity (Wildman–Crippen MR) is 58.4 cm³/mol. The van der Waals surface area contributed by atoms with Crippen LogP contribution < -0.4 is 0 Å². The van der Waals surface area contributed by atoms with Gasteiger partial charge in [0.1, 0.15) is 5.60 Å². The Kier molecular flexibility index (Phi) is 3.98. The van der Waals surface area contributed by atoms with Gasteiger partial charge < -0.3 is 4.74 Å². The Balaban J connectivity index is 2.61. The third-order valence-corrected chi connectivity index (χ3v) is 1.64. The number of esters is 1. The van der Waals surface area contributed by atoms with E-state index < -0.39 is 18.1 Å². The molecule has 6 heteroatoms. The van der Waals surface area contributed by atoms with E-state index in [1.807, 2.05) is 0 Å². The van der Waals surface area contributed by atoms with Crippen molar-refractivity contribution in [1.29, 1.82) is 0 Å². The number of alkyl halides is 2. The van der Waals surface area contributed by atoms with Crippen LogP contribution in [0.1, 0.15) is 32.9 Å². The molecular formula is C11H14F2N2O2. The summed E-state index contributed by atoms with van der Waals surface area (Å²) in [5.74, 6) is -0.526. The van der Waals surface area contributed by atoms with Crippen molar-refractivity contribution in [3.8, 4) is 0 Å². The average molecular weight is 244 g/mol. The zero-order valence-corrected chi connectivity index (χ0v) is 9.85. The molecule has 1 rings (SSSR count). The fraction of sp³-hybridized carbons (Fsp3) is 0.455. The molecule has 0 atom stereocenters. The summed E-state index contributed by atoms with van der Waals surface area (Å²) in [5, 5.41) is 3.43. The van der Waals surface area contributed by atoms with Gasteiger partial charge in [-0.05, 0) is 26.8 Å². The van der Waals surface area contributed by atoms with E-state index >= 15 is 0 Å². The Bertz CT molecular complexity index is 419. The highest BCUT2D eigenvalue weighted by Crippen LogP contribution is 2.11. The standard InChI is InChI=1S/C11H14F2N2O2/c1-11(2,3)17-9(16)5-4-8-6-14-15(7-8)10(12)13/h4-7,10H,1-3H3. The molecule has 94 valence electrons. The number of hydrogen-bond donors (Lipinski definition) is 0. The highest BCUT2D eigenvalue weighted by molar-refractivity contribution is 5.87. The number of nitrogens with zero attached hydrogens (tertiary/aromatic N) is 2. The van der Waals surface area contributed by atoms with Crippen LogP contribution in [-0.4, -0.2) is 21.4 Å². The van der Waals surface area contributed by atoms with Crippen LogP contribution in [-0.2, 0) is 9.53 Å². The predicted octanol–water partition coefficient (Wildman–Crippen LogP) is 2.63. The smallest absolute Gasteiger partial charge is 0.333 e. The number of carbonyl (C=O) groups excluding carboxylic acids is 1. The lowest BCUT2D eigenvalue weighted by atomic mass is 10.2. The molecule has 0 N–H and O–H groups in total. The highest BCUT2D eigenvalue weighted by atomic mass is 19.3. The van der Waals surface area contributed by atoms with Crippen molar-refractivity contribution < 1.29 is 18.3 Å². The van der Waals surface area contributed by atoms with Gasteiger partial charge in [0.15, 0.2) is 0 Å². The molecular weight excluding hydrogens is 230 g/mol. The summed E-state index contributed by atoms with van der Waals surface area (Å²) < 4.78 is 29.9. The Morgan fingerprint density at radius 2 is 2.18 bits per heavy atom. The average Bonchev–Trinajstić information content (AvgIpc) is 2.60. The van der Waals surface area contributed by atoms with Crippen LogP contribution in [0.25, 0.3) is 6.08 Å². The van der Waals surface area contributed by atoms with Crippen molar-refractivity contribution in [3.63, 3.8) is 0 Å². The summed E-state index contributed by atoms with van der Waals surface area (Å²) in [6, 6.07) is 0. The molecule has 1 aromatic rings. The molecule has 0 radical (unpaired) electrons. The molecule has 1 aromatic heterocycles. The van der Waals surface area contributed by atoms with E-state index in [1.54, 1.807) is 20.8 Å². The summed E-state index contributed by atoms with van der Waals surface area (Å²) >= 11 is 0. The van der Waals surface area contributed by atoms with Crippen LogP contribution in [0.3, 0.4) is 0 Å². The number of rotatable bonds is 3. The van der Waals surface area contributed by atoms with Gasteiger partial charge in [-0.3, -0.25) is 0 Å². The molecule has 0 saturated heterocycles. The van der Waals surface area contributed by atoms with Gasteiger partial charge in [0.05, 0.1) is 6.20 Å². The summed E-state index contributed by atoms with van der Waals surface area (Å²) in [4.78, 5) is 11.3. The van der Waals surface area contributed by atoms with Crippen molar-refractivity contribution >= 4 is 12.0 Å². The Hall–Kier alpha value is -1.72. The zero-order chi connectivity index (χ0) is 13.1. The summed E-state index contributed by atoms with van der Waals surface area (Å²) in [6.07, 6.45) is 4.94. The van der Waals surface area contributed by atoms with E-state index in [0.717, 1.165) is 6.20 Å². The maximum Gasteiger partial charge on any atom is 0.333 e. The molecule has 17 heavy (non-hydrogen) atoms. The third kappa shape index (κ3) is 4.76. The SMILES string of the molecule is CC(C)(C)OC(=O)C=Cc1cnn(C(F)F)c1. The normalized spacial score (nSPS) is 12.4. The quantitative estimate of drug-likeness (QED) is 0.606. The van der Waals surface area contributed by atoms with Crippen LogP contribution in [0.4, 0.5) is 8.78 Å². The first-order chi connectivity index (χ1) is 7.78. The fourth-order valence-electron chi connectivity index (χ4n) is 1.05. The Morgan fingerprint density at radius 1 is 1.53 bits per heavy atom. The van der Waals surface area contributed by atoms with E-state index in [-0.39, 0.29) is 0 Å². The Labute approximate surface area is 97.9 Å². The van der Waals surface area contributed by atoms with Gasteiger partial charge in [0.25, 0.3) is 0 Å². The van der Waals surface area contributed by atoms with Crippen LogP contribution >= 0.6 is 0 Å². The number of hydrogen-bond acceptors (Lipinski definition) is 3.